The molecule has 7 heteroatoms. The summed E-state index contributed by atoms with van der Waals surface area (Å²) in [6, 6.07) is 18.0. The highest BCUT2D eigenvalue weighted by Gasteiger charge is 2.13. The van der Waals surface area contributed by atoms with E-state index in [2.05, 4.69) is 20.8 Å². The van der Waals surface area contributed by atoms with E-state index >= 15 is 0 Å². The third-order valence-corrected chi connectivity index (χ3v) is 3.60. The topological polar surface area (TPSA) is 85.4 Å². The van der Waals surface area contributed by atoms with Gasteiger partial charge in [0.15, 0.2) is 11.5 Å². The Labute approximate surface area is 151 Å². The first-order valence-electron chi connectivity index (χ1n) is 7.89. The van der Waals surface area contributed by atoms with Crippen molar-refractivity contribution in [3.05, 3.63) is 66.4 Å². The van der Waals surface area contributed by atoms with Crippen LogP contribution in [0.3, 0.4) is 0 Å². The van der Waals surface area contributed by atoms with Crippen LogP contribution in [-0.2, 0) is 0 Å². The minimum absolute atomic E-state index is 0.188. The second kappa shape index (κ2) is 7.98. The van der Waals surface area contributed by atoms with E-state index in [4.69, 9.17) is 9.47 Å². The van der Waals surface area contributed by atoms with Crippen molar-refractivity contribution in [1.29, 1.82) is 0 Å². The minimum Gasteiger partial charge on any atom is -0.497 e. The lowest BCUT2D eigenvalue weighted by Gasteiger charge is -2.11. The molecule has 1 amide bonds. The summed E-state index contributed by atoms with van der Waals surface area (Å²) in [6.45, 7) is 0. The van der Waals surface area contributed by atoms with Gasteiger partial charge in [-0.1, -0.05) is 18.2 Å². The molecule has 1 aromatic heterocycles. The van der Waals surface area contributed by atoms with Crippen LogP contribution in [0.1, 0.15) is 10.5 Å². The maximum atomic E-state index is 12.4. The Bertz CT molecular complexity index is 883. The second-order valence-electron chi connectivity index (χ2n) is 5.32. The molecule has 0 aliphatic heterocycles. The molecule has 0 spiro atoms. The molecular weight excluding hydrogens is 332 g/mol. The number of anilines is 3. The number of nitrogens with zero attached hydrogens (tertiary/aromatic N) is 2. The molecule has 1 heterocycles. The van der Waals surface area contributed by atoms with Gasteiger partial charge in [0.25, 0.3) is 5.91 Å². The maximum absolute atomic E-state index is 12.4. The predicted octanol–water partition coefficient (Wildman–Crippen LogP) is 3.49. The number of carbonyl (C=O) groups excluding carboxylic acids is 1. The molecule has 0 atom stereocenters. The number of carbonyl (C=O) groups is 1. The molecular formula is C19H18N4O3. The van der Waals surface area contributed by atoms with Crippen LogP contribution in [0, 0.1) is 0 Å². The van der Waals surface area contributed by atoms with Gasteiger partial charge in [0.2, 0.25) is 0 Å². The zero-order valence-electron chi connectivity index (χ0n) is 14.4. The lowest BCUT2D eigenvalue weighted by atomic mass is 10.2. The highest BCUT2D eigenvalue weighted by Crippen LogP contribution is 2.29. The van der Waals surface area contributed by atoms with Crippen molar-refractivity contribution in [1.82, 2.24) is 10.2 Å². The van der Waals surface area contributed by atoms with Crippen molar-refractivity contribution in [3.8, 4) is 11.5 Å². The quantitative estimate of drug-likeness (QED) is 0.708. The van der Waals surface area contributed by atoms with Crippen molar-refractivity contribution in [3.63, 3.8) is 0 Å². The Morgan fingerprint density at radius 2 is 1.73 bits per heavy atom. The summed E-state index contributed by atoms with van der Waals surface area (Å²) in [5.74, 6) is 1.28. The third-order valence-electron chi connectivity index (χ3n) is 3.60. The van der Waals surface area contributed by atoms with Gasteiger partial charge in [-0.05, 0) is 36.4 Å². The van der Waals surface area contributed by atoms with E-state index in [0.29, 0.717) is 23.0 Å². The molecule has 132 valence electrons. The van der Waals surface area contributed by atoms with Crippen molar-refractivity contribution in [2.45, 2.75) is 0 Å². The number of benzene rings is 2. The van der Waals surface area contributed by atoms with E-state index in [1.165, 1.54) is 7.11 Å². The summed E-state index contributed by atoms with van der Waals surface area (Å²) in [4.78, 5) is 12.4. The minimum atomic E-state index is -0.393. The first-order valence-corrected chi connectivity index (χ1v) is 7.89. The Morgan fingerprint density at radius 3 is 2.38 bits per heavy atom. The van der Waals surface area contributed by atoms with Crippen LogP contribution in [0.25, 0.3) is 0 Å². The van der Waals surface area contributed by atoms with Gasteiger partial charge in [-0.15, -0.1) is 10.2 Å². The summed E-state index contributed by atoms with van der Waals surface area (Å²) >= 11 is 0. The zero-order chi connectivity index (χ0) is 18.4. The summed E-state index contributed by atoms with van der Waals surface area (Å²) in [5, 5.41) is 13.9. The summed E-state index contributed by atoms with van der Waals surface area (Å²) in [6.07, 6.45) is 0. The van der Waals surface area contributed by atoms with Crippen LogP contribution in [0.5, 0.6) is 11.5 Å². The first-order chi connectivity index (χ1) is 12.7. The molecule has 2 aromatic carbocycles. The van der Waals surface area contributed by atoms with Crippen molar-refractivity contribution < 1.29 is 14.3 Å². The van der Waals surface area contributed by atoms with Crippen LogP contribution in [0.15, 0.2) is 60.7 Å². The highest BCUT2D eigenvalue weighted by atomic mass is 16.5. The number of aromatic nitrogens is 2. The monoisotopic (exact) mass is 350 g/mol. The maximum Gasteiger partial charge on any atom is 0.276 e. The fraction of sp³-hybridized carbons (Fsp3) is 0.105. The van der Waals surface area contributed by atoms with Crippen molar-refractivity contribution in [2.24, 2.45) is 0 Å². The fourth-order valence-corrected chi connectivity index (χ4v) is 2.29. The standard InChI is InChI=1S/C19H18N4O3/c1-25-14-8-10-17(26-2)16(12-14)21-19(24)15-9-11-18(23-22-15)20-13-6-4-3-5-7-13/h3-12H,1-2H3,(H,20,23)(H,21,24). The summed E-state index contributed by atoms with van der Waals surface area (Å²) in [5.41, 5.74) is 1.57. The SMILES string of the molecule is COc1ccc(OC)c(NC(=O)c2ccc(Nc3ccccc3)nn2)c1. The van der Waals surface area contributed by atoms with Gasteiger partial charge in [0.1, 0.15) is 11.5 Å². The van der Waals surface area contributed by atoms with E-state index in [1.807, 2.05) is 30.3 Å². The number of methoxy groups -OCH3 is 2. The number of para-hydroxylation sites is 1. The Hall–Kier alpha value is -3.61. The van der Waals surface area contributed by atoms with Gasteiger partial charge in [0, 0.05) is 11.8 Å². The largest absolute Gasteiger partial charge is 0.497 e. The smallest absolute Gasteiger partial charge is 0.276 e. The number of hydrogen-bond donors (Lipinski definition) is 2. The molecule has 0 bridgehead atoms. The van der Waals surface area contributed by atoms with E-state index in [1.54, 1.807) is 37.4 Å². The Kier molecular flexibility index (Phi) is 5.28. The average Bonchev–Trinajstić information content (AvgIpc) is 2.69. The van der Waals surface area contributed by atoms with E-state index in [9.17, 15) is 4.79 Å². The van der Waals surface area contributed by atoms with Crippen molar-refractivity contribution in [2.75, 3.05) is 24.9 Å². The van der Waals surface area contributed by atoms with Gasteiger partial charge >= 0.3 is 0 Å². The van der Waals surface area contributed by atoms with Crippen LogP contribution in [0.2, 0.25) is 0 Å². The van der Waals surface area contributed by atoms with Crippen LogP contribution in [0.4, 0.5) is 17.2 Å². The van der Waals surface area contributed by atoms with Gasteiger partial charge in [-0.25, -0.2) is 0 Å². The Morgan fingerprint density at radius 1 is 0.923 bits per heavy atom. The zero-order valence-corrected chi connectivity index (χ0v) is 14.4. The lowest BCUT2D eigenvalue weighted by Crippen LogP contribution is -2.15. The molecule has 0 saturated carbocycles. The summed E-state index contributed by atoms with van der Waals surface area (Å²) < 4.78 is 10.4. The fourth-order valence-electron chi connectivity index (χ4n) is 2.29. The van der Waals surface area contributed by atoms with Crippen LogP contribution >= 0.6 is 0 Å². The first kappa shape index (κ1) is 17.2. The molecule has 3 aromatic rings. The van der Waals surface area contributed by atoms with Gasteiger partial charge in [-0.3, -0.25) is 4.79 Å². The van der Waals surface area contributed by atoms with Gasteiger partial charge in [0.05, 0.1) is 19.9 Å². The van der Waals surface area contributed by atoms with Gasteiger partial charge in [-0.2, -0.15) is 0 Å². The molecule has 3 rings (SSSR count). The molecule has 0 fully saturated rings. The summed E-state index contributed by atoms with van der Waals surface area (Å²) in [7, 11) is 3.08. The number of rotatable bonds is 6. The van der Waals surface area contributed by atoms with Crippen LogP contribution in [-0.4, -0.2) is 30.3 Å². The molecule has 26 heavy (non-hydrogen) atoms. The predicted molar refractivity (Wildman–Crippen MR) is 99.3 cm³/mol. The van der Waals surface area contributed by atoms with Crippen molar-refractivity contribution >= 4 is 23.1 Å². The molecule has 0 aliphatic rings. The average molecular weight is 350 g/mol. The highest BCUT2D eigenvalue weighted by molar-refractivity contribution is 6.03. The molecule has 0 aliphatic carbocycles. The third kappa shape index (κ3) is 4.07. The molecule has 0 unspecified atom stereocenters. The van der Waals surface area contributed by atoms with E-state index < -0.39 is 5.91 Å². The number of amides is 1. The molecule has 0 saturated heterocycles. The second-order valence-corrected chi connectivity index (χ2v) is 5.32. The van der Waals surface area contributed by atoms with Crippen LogP contribution < -0.4 is 20.1 Å². The molecule has 7 nitrogen and oxygen atoms in total. The number of ether oxygens (including phenoxy) is 2. The normalized spacial score (nSPS) is 10.1. The number of nitrogens with one attached hydrogen (secondary N) is 2. The molecule has 2 N–H and O–H groups in total. The lowest BCUT2D eigenvalue weighted by molar-refractivity contribution is 0.102. The van der Waals surface area contributed by atoms with E-state index in [-0.39, 0.29) is 5.69 Å². The van der Waals surface area contributed by atoms with Gasteiger partial charge < -0.3 is 20.1 Å². The van der Waals surface area contributed by atoms with E-state index in [0.717, 1.165) is 5.69 Å². The Balaban J connectivity index is 1.72. The number of hydrogen-bond acceptors (Lipinski definition) is 6. The molecule has 0 radical (unpaired) electrons.